The van der Waals surface area contributed by atoms with Crippen molar-refractivity contribution in [2.45, 2.75) is 98.9 Å². The van der Waals surface area contributed by atoms with Gasteiger partial charge < -0.3 is 34.6 Å². The summed E-state index contributed by atoms with van der Waals surface area (Å²) in [6.45, 7) is 16.0. The number of ketones is 1. The summed E-state index contributed by atoms with van der Waals surface area (Å²) >= 11 is 0. The molecule has 0 fully saturated rings. The van der Waals surface area contributed by atoms with Crippen LogP contribution in [0.15, 0.2) is 59.4 Å². The van der Waals surface area contributed by atoms with Gasteiger partial charge >= 0.3 is 5.97 Å². The van der Waals surface area contributed by atoms with Crippen LogP contribution in [0.3, 0.4) is 0 Å². The van der Waals surface area contributed by atoms with E-state index in [1.165, 1.54) is 26.4 Å². The molecular weight excluding hydrogens is 564 g/mol. The Morgan fingerprint density at radius 2 is 1.64 bits per heavy atom. The van der Waals surface area contributed by atoms with E-state index in [-0.39, 0.29) is 29.3 Å². The van der Waals surface area contributed by atoms with Gasteiger partial charge in [-0.3, -0.25) is 4.79 Å². The molecule has 0 radical (unpaired) electrons. The van der Waals surface area contributed by atoms with Crippen LogP contribution in [0.25, 0.3) is 0 Å². The van der Waals surface area contributed by atoms with Crippen LogP contribution < -0.4 is 0 Å². The van der Waals surface area contributed by atoms with Crippen LogP contribution >= 0.6 is 0 Å². The molecule has 0 bridgehead atoms. The highest BCUT2D eigenvalue weighted by Gasteiger charge is 2.38. The molecule has 0 amide bonds. The smallest absolute Gasteiger partial charge is 0.373 e. The molecule has 9 heteroatoms. The second kappa shape index (κ2) is 18.4. The molecule has 0 aromatic rings. The lowest BCUT2D eigenvalue weighted by Crippen LogP contribution is -2.45. The van der Waals surface area contributed by atoms with Crippen LogP contribution in [0.2, 0.25) is 0 Å². The minimum atomic E-state index is -1.22. The fourth-order valence-electron chi connectivity index (χ4n) is 5.38. The maximum atomic E-state index is 13.4. The largest absolute Gasteiger partial charge is 0.490 e. The summed E-state index contributed by atoms with van der Waals surface area (Å²) in [5, 5.41) is 43.4. The number of rotatable bonds is 10. The van der Waals surface area contributed by atoms with E-state index in [0.29, 0.717) is 11.1 Å². The molecule has 0 aromatic carbocycles. The van der Waals surface area contributed by atoms with Gasteiger partial charge in [-0.15, -0.1) is 0 Å². The van der Waals surface area contributed by atoms with Crippen molar-refractivity contribution in [3.05, 3.63) is 59.4 Å². The summed E-state index contributed by atoms with van der Waals surface area (Å²) in [5.74, 6) is -3.86. The molecule has 1 heterocycles. The molecule has 1 aliphatic heterocycles. The number of hydrogen-bond donors (Lipinski definition) is 4. The molecular formula is C35H56O9. The molecule has 0 saturated carbocycles. The first-order valence-corrected chi connectivity index (χ1v) is 15.4. The number of allylic oxidation sites excluding steroid dienone is 5. The Kier molecular flexibility index (Phi) is 16.5. The van der Waals surface area contributed by atoms with Gasteiger partial charge in [-0.25, -0.2) is 4.79 Å². The average Bonchev–Trinajstić information content (AvgIpc) is 2.99. The highest BCUT2D eigenvalue weighted by Crippen LogP contribution is 2.27. The zero-order chi connectivity index (χ0) is 33.9. The third-order valence-corrected chi connectivity index (χ3v) is 8.65. The molecule has 1 rings (SSSR count). The first kappa shape index (κ1) is 39.5. The quantitative estimate of drug-likeness (QED) is 0.208. The fraction of sp³-hybridized carbons (Fsp3) is 0.657. The first-order valence-electron chi connectivity index (χ1n) is 15.4. The average molecular weight is 621 g/mol. The van der Waals surface area contributed by atoms with E-state index in [0.717, 1.165) is 0 Å². The van der Waals surface area contributed by atoms with Crippen molar-refractivity contribution < 1.29 is 44.2 Å². The molecule has 9 nitrogen and oxygen atoms in total. The highest BCUT2D eigenvalue weighted by atomic mass is 16.6. The van der Waals surface area contributed by atoms with Gasteiger partial charge in [0.25, 0.3) is 0 Å². The standard InChI is InChI=1S/C35H56O9/c1-19(2)30(37)22(5)15-16-27(36)24(7)33(40)26(9)34-28(42-10)14-12-13-21(4)31(38)25(8)32(39)23(6)17-20(3)18-29(43-11)35(41)44-34/h12-19,22-26,28,30-34,37-40H,1-11H3/b14-12+,16-15+,20-17-,21-13+,29-18+/t22-,23+,24+,25-,26-,28-,30+,31?,32-,33-,34-/m0/s1. The Hall–Kier alpha value is -2.56. The molecule has 0 spiro atoms. The molecule has 1 unspecified atom stereocenters. The Balaban J connectivity index is 3.52. The Labute approximate surface area is 264 Å². The third-order valence-electron chi connectivity index (χ3n) is 8.65. The Morgan fingerprint density at radius 1 is 1.02 bits per heavy atom. The van der Waals surface area contributed by atoms with Crippen molar-refractivity contribution in [2.24, 2.45) is 35.5 Å². The summed E-state index contributed by atoms with van der Waals surface area (Å²) in [6, 6.07) is 0. The van der Waals surface area contributed by atoms with Gasteiger partial charge in [0.15, 0.2) is 5.78 Å². The van der Waals surface area contributed by atoms with Crippen LogP contribution in [0, 0.1) is 35.5 Å². The van der Waals surface area contributed by atoms with Gasteiger partial charge in [-0.2, -0.15) is 0 Å². The lowest BCUT2D eigenvalue weighted by molar-refractivity contribution is -0.162. The second-order valence-electron chi connectivity index (χ2n) is 12.6. The first-order chi connectivity index (χ1) is 20.5. The van der Waals surface area contributed by atoms with Gasteiger partial charge in [0.1, 0.15) is 12.2 Å². The van der Waals surface area contributed by atoms with E-state index >= 15 is 0 Å². The Morgan fingerprint density at radius 3 is 2.18 bits per heavy atom. The molecule has 0 aliphatic carbocycles. The number of carbonyl (C=O) groups excluding carboxylic acids is 2. The highest BCUT2D eigenvalue weighted by molar-refractivity contribution is 5.92. The number of esters is 1. The second-order valence-corrected chi connectivity index (χ2v) is 12.6. The van der Waals surface area contributed by atoms with Gasteiger partial charge in [0.05, 0.1) is 31.5 Å². The number of carbonyl (C=O) groups is 2. The lowest BCUT2D eigenvalue weighted by Gasteiger charge is -2.33. The summed E-state index contributed by atoms with van der Waals surface area (Å²) in [5.41, 5.74) is 1.26. The number of hydrogen-bond acceptors (Lipinski definition) is 9. The van der Waals surface area contributed by atoms with E-state index in [1.54, 1.807) is 65.0 Å². The SMILES string of the molecule is CO/C1=C/C(C)=C\[C@@H](C)[C@H](O)[C@@H](C)C(O)/C(C)=C/C=C/[C@H](OC)[C@H]([C@@H](C)[C@@H](O)[C@H](C)C(=O)/C=C/[C@H](C)[C@H](O)C(C)C)OC1=O. The number of ether oxygens (including phenoxy) is 3. The monoisotopic (exact) mass is 620 g/mol. The van der Waals surface area contributed by atoms with Crippen molar-refractivity contribution >= 4 is 11.8 Å². The molecule has 11 atom stereocenters. The lowest BCUT2D eigenvalue weighted by atomic mass is 9.84. The van der Waals surface area contributed by atoms with Crippen molar-refractivity contribution in [2.75, 3.05) is 14.2 Å². The molecule has 4 N–H and O–H groups in total. The molecule has 0 aromatic heterocycles. The third kappa shape index (κ3) is 11.1. The Bertz CT molecular complexity index is 1090. The predicted octanol–water partition coefficient (Wildman–Crippen LogP) is 4.31. The van der Waals surface area contributed by atoms with Crippen LogP contribution in [-0.4, -0.2) is 83.0 Å². The van der Waals surface area contributed by atoms with E-state index < -0.39 is 60.3 Å². The maximum absolute atomic E-state index is 13.4. The van der Waals surface area contributed by atoms with Crippen molar-refractivity contribution in [3.8, 4) is 0 Å². The predicted molar refractivity (Wildman–Crippen MR) is 171 cm³/mol. The number of aliphatic hydroxyl groups is 4. The van der Waals surface area contributed by atoms with Gasteiger partial charge in [-0.05, 0) is 37.5 Å². The minimum absolute atomic E-state index is 0.0238. The van der Waals surface area contributed by atoms with Crippen LogP contribution in [-0.2, 0) is 23.8 Å². The van der Waals surface area contributed by atoms with E-state index in [1.807, 2.05) is 27.7 Å². The van der Waals surface area contributed by atoms with Gasteiger partial charge in [0.2, 0.25) is 5.76 Å². The molecule has 250 valence electrons. The zero-order valence-corrected chi connectivity index (χ0v) is 28.3. The van der Waals surface area contributed by atoms with E-state index in [4.69, 9.17) is 14.2 Å². The maximum Gasteiger partial charge on any atom is 0.373 e. The number of methoxy groups -OCH3 is 2. The minimum Gasteiger partial charge on any atom is -0.490 e. The molecule has 0 saturated heterocycles. The topological polar surface area (TPSA) is 143 Å². The van der Waals surface area contributed by atoms with Crippen LogP contribution in [0.1, 0.15) is 62.3 Å². The zero-order valence-electron chi connectivity index (χ0n) is 28.3. The van der Waals surface area contributed by atoms with E-state index in [2.05, 4.69) is 0 Å². The van der Waals surface area contributed by atoms with Crippen molar-refractivity contribution in [3.63, 3.8) is 0 Å². The van der Waals surface area contributed by atoms with Crippen LogP contribution in [0.4, 0.5) is 0 Å². The summed E-state index contributed by atoms with van der Waals surface area (Å²) in [4.78, 5) is 26.4. The number of aliphatic hydroxyl groups excluding tert-OH is 4. The molecule has 1 aliphatic rings. The molecule has 44 heavy (non-hydrogen) atoms. The van der Waals surface area contributed by atoms with Gasteiger partial charge in [0, 0.05) is 36.7 Å². The van der Waals surface area contributed by atoms with Crippen LogP contribution in [0.5, 0.6) is 0 Å². The van der Waals surface area contributed by atoms with Crippen molar-refractivity contribution in [1.29, 1.82) is 0 Å². The summed E-state index contributed by atoms with van der Waals surface area (Å²) < 4.78 is 17.0. The summed E-state index contributed by atoms with van der Waals surface area (Å²) in [7, 11) is 2.78. The summed E-state index contributed by atoms with van der Waals surface area (Å²) in [6.07, 6.45) is 5.86. The van der Waals surface area contributed by atoms with E-state index in [9.17, 15) is 30.0 Å². The number of cyclic esters (lactones) is 1. The van der Waals surface area contributed by atoms with Gasteiger partial charge in [-0.1, -0.05) is 84.4 Å². The fourth-order valence-corrected chi connectivity index (χ4v) is 5.38. The normalized spacial score (nSPS) is 33.9. The van der Waals surface area contributed by atoms with Crippen molar-refractivity contribution in [1.82, 2.24) is 0 Å².